The largest absolute Gasteiger partial charge is 0.445 e. The van der Waals surface area contributed by atoms with E-state index in [2.05, 4.69) is 9.88 Å². The number of nitrogens with zero attached hydrogens (tertiary/aromatic N) is 3. The first kappa shape index (κ1) is 16.1. The number of rotatable bonds is 4. The number of morpholine rings is 1. The molecule has 1 aromatic heterocycles. The smallest absolute Gasteiger partial charge is 0.224 e. The van der Waals surface area contributed by atoms with E-state index < -0.39 is 0 Å². The average molecular weight is 335 g/mol. The van der Waals surface area contributed by atoms with E-state index in [-0.39, 0.29) is 11.8 Å². The SMILES string of the molecule is O=C(CCN1CCOCC1)N1CCc2oc(C3CCOC3)nc2C1. The van der Waals surface area contributed by atoms with Gasteiger partial charge in [0.25, 0.3) is 0 Å². The molecule has 0 bridgehead atoms. The van der Waals surface area contributed by atoms with Gasteiger partial charge in [0, 0.05) is 45.6 Å². The summed E-state index contributed by atoms with van der Waals surface area (Å²) in [5, 5.41) is 0. The molecule has 0 spiro atoms. The molecule has 0 saturated carbocycles. The van der Waals surface area contributed by atoms with E-state index in [9.17, 15) is 4.79 Å². The van der Waals surface area contributed by atoms with Gasteiger partial charge in [-0.25, -0.2) is 4.98 Å². The van der Waals surface area contributed by atoms with Crippen molar-refractivity contribution in [2.75, 3.05) is 52.6 Å². The Hall–Kier alpha value is -1.44. The molecule has 7 heteroatoms. The molecular weight excluding hydrogens is 310 g/mol. The molecule has 3 aliphatic rings. The number of carbonyl (C=O) groups is 1. The van der Waals surface area contributed by atoms with E-state index >= 15 is 0 Å². The van der Waals surface area contributed by atoms with Gasteiger partial charge in [0.1, 0.15) is 11.5 Å². The van der Waals surface area contributed by atoms with E-state index in [1.807, 2.05) is 4.90 Å². The summed E-state index contributed by atoms with van der Waals surface area (Å²) >= 11 is 0. The lowest BCUT2D eigenvalue weighted by atomic mass is 10.1. The molecule has 4 heterocycles. The lowest BCUT2D eigenvalue weighted by Crippen LogP contribution is -2.41. The van der Waals surface area contributed by atoms with Gasteiger partial charge < -0.3 is 18.8 Å². The predicted octanol–water partition coefficient (Wildman–Crippen LogP) is 0.786. The van der Waals surface area contributed by atoms with Gasteiger partial charge in [0.15, 0.2) is 5.89 Å². The maximum atomic E-state index is 12.5. The summed E-state index contributed by atoms with van der Waals surface area (Å²) in [5.41, 5.74) is 0.933. The van der Waals surface area contributed by atoms with Crippen LogP contribution >= 0.6 is 0 Å². The number of hydrogen-bond acceptors (Lipinski definition) is 6. The molecule has 2 saturated heterocycles. The Morgan fingerprint density at radius 1 is 1.17 bits per heavy atom. The summed E-state index contributed by atoms with van der Waals surface area (Å²) in [6.07, 6.45) is 2.30. The number of carbonyl (C=O) groups excluding carboxylic acids is 1. The molecule has 1 amide bonds. The number of hydrogen-bond donors (Lipinski definition) is 0. The van der Waals surface area contributed by atoms with E-state index in [4.69, 9.17) is 13.9 Å². The Labute approximate surface area is 141 Å². The lowest BCUT2D eigenvalue weighted by Gasteiger charge is -2.29. The number of aromatic nitrogens is 1. The van der Waals surface area contributed by atoms with Crippen molar-refractivity contribution in [3.63, 3.8) is 0 Å². The first-order chi connectivity index (χ1) is 11.8. The minimum Gasteiger partial charge on any atom is -0.445 e. The number of amides is 1. The van der Waals surface area contributed by atoms with Crippen LogP contribution in [0.25, 0.3) is 0 Å². The molecule has 2 fully saturated rings. The monoisotopic (exact) mass is 335 g/mol. The number of ether oxygens (including phenoxy) is 2. The van der Waals surface area contributed by atoms with Crippen LogP contribution in [0.4, 0.5) is 0 Å². The molecule has 0 N–H and O–H groups in total. The molecule has 3 aliphatic heterocycles. The third kappa shape index (κ3) is 3.48. The van der Waals surface area contributed by atoms with Crippen molar-refractivity contribution in [3.05, 3.63) is 17.3 Å². The fourth-order valence-electron chi connectivity index (χ4n) is 3.57. The molecule has 0 radical (unpaired) electrons. The van der Waals surface area contributed by atoms with Crippen LogP contribution in [0.15, 0.2) is 4.42 Å². The first-order valence-electron chi connectivity index (χ1n) is 8.93. The Morgan fingerprint density at radius 2 is 2.04 bits per heavy atom. The highest BCUT2D eigenvalue weighted by Gasteiger charge is 2.29. The molecule has 1 aromatic rings. The molecule has 4 rings (SSSR count). The molecule has 132 valence electrons. The van der Waals surface area contributed by atoms with Crippen molar-refractivity contribution in [3.8, 4) is 0 Å². The molecule has 7 nitrogen and oxygen atoms in total. The Balaban J connectivity index is 1.32. The molecule has 24 heavy (non-hydrogen) atoms. The second-order valence-corrected chi connectivity index (χ2v) is 6.75. The van der Waals surface area contributed by atoms with Crippen molar-refractivity contribution in [1.29, 1.82) is 0 Å². The second kappa shape index (κ2) is 7.21. The van der Waals surface area contributed by atoms with Crippen LogP contribution < -0.4 is 0 Å². The summed E-state index contributed by atoms with van der Waals surface area (Å²) < 4.78 is 16.7. The average Bonchev–Trinajstić information content (AvgIpc) is 3.28. The van der Waals surface area contributed by atoms with Crippen LogP contribution in [0.2, 0.25) is 0 Å². The van der Waals surface area contributed by atoms with Gasteiger partial charge >= 0.3 is 0 Å². The lowest BCUT2D eigenvalue weighted by molar-refractivity contribution is -0.132. The van der Waals surface area contributed by atoms with Crippen molar-refractivity contribution in [2.24, 2.45) is 0 Å². The van der Waals surface area contributed by atoms with Gasteiger partial charge in [-0.3, -0.25) is 9.69 Å². The molecule has 0 aromatic carbocycles. The summed E-state index contributed by atoms with van der Waals surface area (Å²) in [7, 11) is 0. The Morgan fingerprint density at radius 3 is 2.83 bits per heavy atom. The van der Waals surface area contributed by atoms with E-state index in [1.165, 1.54) is 0 Å². The van der Waals surface area contributed by atoms with Gasteiger partial charge in [-0.2, -0.15) is 0 Å². The molecular formula is C17H25N3O4. The second-order valence-electron chi connectivity index (χ2n) is 6.75. The van der Waals surface area contributed by atoms with Crippen molar-refractivity contribution < 1.29 is 18.7 Å². The molecule has 1 unspecified atom stereocenters. The fourth-order valence-corrected chi connectivity index (χ4v) is 3.57. The zero-order chi connectivity index (χ0) is 16.4. The molecule has 0 aliphatic carbocycles. The van der Waals surface area contributed by atoms with Gasteiger partial charge in [-0.15, -0.1) is 0 Å². The quantitative estimate of drug-likeness (QED) is 0.810. The van der Waals surface area contributed by atoms with Crippen LogP contribution in [0.1, 0.15) is 36.1 Å². The maximum Gasteiger partial charge on any atom is 0.224 e. The van der Waals surface area contributed by atoms with Gasteiger partial charge in [0.05, 0.1) is 32.3 Å². The number of oxazole rings is 1. The summed E-state index contributed by atoms with van der Waals surface area (Å²) in [6.45, 7) is 6.99. The minimum atomic E-state index is 0.209. The third-order valence-corrected chi connectivity index (χ3v) is 5.12. The van der Waals surface area contributed by atoms with E-state index in [1.54, 1.807) is 0 Å². The van der Waals surface area contributed by atoms with Crippen LogP contribution in [-0.4, -0.2) is 73.3 Å². The zero-order valence-corrected chi connectivity index (χ0v) is 14.0. The van der Waals surface area contributed by atoms with Crippen LogP contribution in [0, 0.1) is 0 Å². The van der Waals surface area contributed by atoms with Crippen molar-refractivity contribution >= 4 is 5.91 Å². The fraction of sp³-hybridized carbons (Fsp3) is 0.765. The summed E-state index contributed by atoms with van der Waals surface area (Å²) in [4.78, 5) is 21.4. The van der Waals surface area contributed by atoms with Gasteiger partial charge in [-0.05, 0) is 6.42 Å². The zero-order valence-electron chi connectivity index (χ0n) is 14.0. The highest BCUT2D eigenvalue weighted by atomic mass is 16.5. The Bertz CT molecular complexity index is 576. The van der Waals surface area contributed by atoms with E-state index in [0.717, 1.165) is 76.2 Å². The summed E-state index contributed by atoms with van der Waals surface area (Å²) in [5.74, 6) is 2.23. The maximum absolute atomic E-state index is 12.5. The minimum absolute atomic E-state index is 0.209. The third-order valence-electron chi connectivity index (χ3n) is 5.12. The summed E-state index contributed by atoms with van der Waals surface area (Å²) in [6, 6.07) is 0. The highest BCUT2D eigenvalue weighted by molar-refractivity contribution is 5.76. The van der Waals surface area contributed by atoms with E-state index in [0.29, 0.717) is 19.6 Å². The van der Waals surface area contributed by atoms with Crippen LogP contribution in [0.3, 0.4) is 0 Å². The van der Waals surface area contributed by atoms with Gasteiger partial charge in [0.2, 0.25) is 5.91 Å². The topological polar surface area (TPSA) is 68.0 Å². The normalized spacial score (nSPS) is 25.0. The van der Waals surface area contributed by atoms with Crippen LogP contribution in [0.5, 0.6) is 0 Å². The standard InChI is InChI=1S/C17H25N3O4/c21-16(2-4-19-6-9-22-10-7-19)20-5-1-15-14(11-20)18-17(24-15)13-3-8-23-12-13/h13H,1-12H2. The predicted molar refractivity (Wildman–Crippen MR) is 85.7 cm³/mol. The molecule has 1 atom stereocenters. The van der Waals surface area contributed by atoms with Crippen molar-refractivity contribution in [1.82, 2.24) is 14.8 Å². The highest BCUT2D eigenvalue weighted by Crippen LogP contribution is 2.29. The van der Waals surface area contributed by atoms with Gasteiger partial charge in [-0.1, -0.05) is 0 Å². The Kier molecular flexibility index (Phi) is 4.82. The van der Waals surface area contributed by atoms with Crippen LogP contribution in [-0.2, 0) is 27.2 Å². The van der Waals surface area contributed by atoms with Crippen molar-refractivity contribution in [2.45, 2.75) is 31.7 Å². The first-order valence-corrected chi connectivity index (χ1v) is 8.93. The number of fused-ring (bicyclic) bond motifs is 1.